The van der Waals surface area contributed by atoms with Crippen LogP contribution in [0.25, 0.3) is 10.8 Å². The predicted molar refractivity (Wildman–Crippen MR) is 154 cm³/mol. The Morgan fingerprint density at radius 2 is 0.900 bits per heavy atom. The Labute approximate surface area is 238 Å². The van der Waals surface area contributed by atoms with E-state index in [9.17, 15) is 0 Å². The van der Waals surface area contributed by atoms with E-state index in [1.807, 2.05) is 0 Å². The zero-order valence-electron chi connectivity index (χ0n) is 23.9. The molecule has 2 unspecified atom stereocenters. The van der Waals surface area contributed by atoms with E-state index in [4.69, 9.17) is 18.9 Å². The van der Waals surface area contributed by atoms with E-state index in [2.05, 4.69) is 24.3 Å². The summed E-state index contributed by atoms with van der Waals surface area (Å²) in [6, 6.07) is 9.76. The Hall–Kier alpha value is -1.78. The van der Waals surface area contributed by atoms with Crippen LogP contribution in [0.2, 0.25) is 0 Å². The fourth-order valence-electron chi connectivity index (χ4n) is 12.1. The highest BCUT2D eigenvalue weighted by molar-refractivity contribution is 5.93. The topological polar surface area (TPSA) is 43.5 Å². The summed E-state index contributed by atoms with van der Waals surface area (Å²) in [6.07, 6.45) is 17.8. The number of epoxide rings is 2. The van der Waals surface area contributed by atoms with Crippen molar-refractivity contribution in [2.45, 2.75) is 100 Å². The fraction of sp³-hybridized carbons (Fsp3) is 0.722. The average molecular weight is 541 g/mol. The molecule has 2 heterocycles. The molecule has 2 aliphatic heterocycles. The maximum Gasteiger partial charge on any atom is 0.120 e. The molecule has 2 aromatic rings. The molecule has 0 aromatic heterocycles. The lowest BCUT2D eigenvalue weighted by Gasteiger charge is -2.59. The van der Waals surface area contributed by atoms with Gasteiger partial charge >= 0.3 is 0 Å². The number of fused-ring (bicyclic) bond motifs is 1. The molecule has 10 fully saturated rings. The van der Waals surface area contributed by atoms with Crippen LogP contribution in [-0.2, 0) is 20.3 Å². The highest BCUT2D eigenvalue weighted by Crippen LogP contribution is 2.65. The summed E-state index contributed by atoms with van der Waals surface area (Å²) in [5.74, 6) is 7.65. The van der Waals surface area contributed by atoms with Crippen LogP contribution in [0.3, 0.4) is 0 Å². The molecule has 8 aliphatic carbocycles. The fourth-order valence-corrected chi connectivity index (χ4v) is 12.1. The quantitative estimate of drug-likeness (QED) is 0.329. The van der Waals surface area contributed by atoms with Crippen molar-refractivity contribution >= 4 is 10.8 Å². The molecule has 2 atom stereocenters. The Kier molecular flexibility index (Phi) is 4.99. The third-order valence-corrected chi connectivity index (χ3v) is 12.9. The minimum atomic E-state index is 0.273. The number of ether oxygens (including phenoxy) is 4. The smallest absolute Gasteiger partial charge is 0.120 e. The van der Waals surface area contributed by atoms with Gasteiger partial charge in [-0.3, -0.25) is 0 Å². The molecule has 2 saturated heterocycles. The van der Waals surface area contributed by atoms with Gasteiger partial charge in [-0.2, -0.15) is 0 Å². The van der Waals surface area contributed by atoms with Crippen LogP contribution in [0.4, 0.5) is 0 Å². The van der Waals surface area contributed by atoms with Crippen molar-refractivity contribution in [1.82, 2.24) is 0 Å². The lowest BCUT2D eigenvalue weighted by molar-refractivity contribution is -0.00691. The van der Waals surface area contributed by atoms with E-state index in [-0.39, 0.29) is 12.2 Å². The van der Waals surface area contributed by atoms with Gasteiger partial charge < -0.3 is 18.9 Å². The standard InChI is InChI=1S/C36H44O4/c1-21-2-23-3-22(1)12-35(11-21,13-23)32-9-28(37-17-30-19-39-30)7-27-8-29(38-18-31-20-40-31)10-33(34(27)32)36-14-24-4-25(15-36)6-26(5-24)16-36/h7-10,21-26,30-31H,1-6,11-20H2. The Balaban J connectivity index is 1.17. The summed E-state index contributed by atoms with van der Waals surface area (Å²) in [5, 5.41) is 2.97. The molecular weight excluding hydrogens is 496 g/mol. The molecule has 4 heteroatoms. The minimum Gasteiger partial charge on any atom is -0.491 e. The van der Waals surface area contributed by atoms with Gasteiger partial charge in [0.15, 0.2) is 0 Å². The van der Waals surface area contributed by atoms with Gasteiger partial charge in [0.1, 0.15) is 36.9 Å². The van der Waals surface area contributed by atoms with Crippen molar-refractivity contribution < 1.29 is 18.9 Å². The lowest BCUT2D eigenvalue weighted by atomic mass is 9.46. The minimum absolute atomic E-state index is 0.273. The van der Waals surface area contributed by atoms with E-state index in [1.54, 1.807) is 16.5 Å². The third-order valence-electron chi connectivity index (χ3n) is 12.9. The number of benzene rings is 2. The number of hydrogen-bond acceptors (Lipinski definition) is 4. The van der Waals surface area contributed by atoms with E-state index in [0.29, 0.717) is 24.0 Å². The highest BCUT2D eigenvalue weighted by Gasteiger charge is 2.55. The van der Waals surface area contributed by atoms with E-state index < -0.39 is 0 Å². The van der Waals surface area contributed by atoms with Gasteiger partial charge in [-0.15, -0.1) is 0 Å². The Morgan fingerprint density at radius 3 is 1.23 bits per heavy atom. The normalized spacial score (nSPS) is 45.3. The van der Waals surface area contributed by atoms with Gasteiger partial charge in [0.2, 0.25) is 0 Å². The van der Waals surface area contributed by atoms with E-state index in [1.165, 1.54) is 82.4 Å². The first-order chi connectivity index (χ1) is 19.6. The van der Waals surface area contributed by atoms with Crippen LogP contribution in [0.5, 0.6) is 11.5 Å². The van der Waals surface area contributed by atoms with Gasteiger partial charge in [0.25, 0.3) is 0 Å². The first kappa shape index (κ1) is 23.7. The third kappa shape index (κ3) is 3.84. The summed E-state index contributed by atoms with van der Waals surface area (Å²) in [4.78, 5) is 0. The van der Waals surface area contributed by atoms with Crippen LogP contribution < -0.4 is 9.47 Å². The average Bonchev–Trinajstić information content (AvgIpc) is 3.84. The maximum atomic E-state index is 6.49. The second kappa shape index (κ2) is 8.40. The highest BCUT2D eigenvalue weighted by atomic mass is 16.6. The van der Waals surface area contributed by atoms with Gasteiger partial charge in [-0.25, -0.2) is 0 Å². The lowest BCUT2D eigenvalue weighted by Crippen LogP contribution is -2.50. The number of hydrogen-bond donors (Lipinski definition) is 0. The van der Waals surface area contributed by atoms with E-state index in [0.717, 1.165) is 60.2 Å². The predicted octanol–water partition coefficient (Wildman–Crippen LogP) is 7.33. The largest absolute Gasteiger partial charge is 0.491 e. The second-order valence-corrected chi connectivity index (χ2v) is 16.0. The molecule has 0 radical (unpaired) electrons. The molecule has 12 rings (SSSR count). The molecule has 40 heavy (non-hydrogen) atoms. The molecule has 4 nitrogen and oxygen atoms in total. The molecule has 212 valence electrons. The van der Waals surface area contributed by atoms with E-state index >= 15 is 0 Å². The van der Waals surface area contributed by atoms with Crippen molar-refractivity contribution in [3.63, 3.8) is 0 Å². The summed E-state index contributed by atoms with van der Waals surface area (Å²) in [5.41, 5.74) is 3.95. The molecular formula is C36H44O4. The maximum absolute atomic E-state index is 6.49. The molecule has 10 aliphatic rings. The molecule has 8 saturated carbocycles. The monoisotopic (exact) mass is 540 g/mol. The van der Waals surface area contributed by atoms with Gasteiger partial charge in [0.05, 0.1) is 13.2 Å². The van der Waals surface area contributed by atoms with Crippen LogP contribution in [0.15, 0.2) is 24.3 Å². The summed E-state index contributed by atoms with van der Waals surface area (Å²) in [7, 11) is 0. The summed E-state index contributed by atoms with van der Waals surface area (Å²) in [6.45, 7) is 3.02. The van der Waals surface area contributed by atoms with Crippen LogP contribution in [-0.4, -0.2) is 38.6 Å². The molecule has 8 bridgehead atoms. The van der Waals surface area contributed by atoms with Gasteiger partial charge in [-0.1, -0.05) is 0 Å². The van der Waals surface area contributed by atoms with Crippen molar-refractivity contribution in [1.29, 1.82) is 0 Å². The van der Waals surface area contributed by atoms with Crippen LogP contribution in [0, 0.1) is 35.5 Å². The number of rotatable bonds is 8. The Morgan fingerprint density at radius 1 is 0.550 bits per heavy atom. The zero-order chi connectivity index (χ0) is 26.1. The van der Waals surface area contributed by atoms with Crippen molar-refractivity contribution in [3.05, 3.63) is 35.4 Å². The molecule has 0 amide bonds. The van der Waals surface area contributed by atoms with Crippen molar-refractivity contribution in [2.75, 3.05) is 26.4 Å². The first-order valence-corrected chi connectivity index (χ1v) is 16.7. The SMILES string of the molecule is c1c(OCC2CO2)cc2cc(OCC3CO3)cc(C34CC5CC(CC(C5)C3)C4)c2c1C12CC3CC(CC(C3)C1)C2. The van der Waals surface area contributed by atoms with Gasteiger partial charge in [0, 0.05) is 0 Å². The van der Waals surface area contributed by atoms with Crippen molar-refractivity contribution in [3.8, 4) is 11.5 Å². The van der Waals surface area contributed by atoms with Crippen LogP contribution in [0.1, 0.15) is 88.2 Å². The molecule has 0 spiro atoms. The second-order valence-electron chi connectivity index (χ2n) is 16.0. The zero-order valence-corrected chi connectivity index (χ0v) is 23.9. The molecule has 0 N–H and O–H groups in total. The summed E-state index contributed by atoms with van der Waals surface area (Å²) < 4.78 is 24.0. The molecule has 2 aromatic carbocycles. The first-order valence-electron chi connectivity index (χ1n) is 16.7. The van der Waals surface area contributed by atoms with Gasteiger partial charge in [-0.05, 0) is 170 Å². The summed E-state index contributed by atoms with van der Waals surface area (Å²) >= 11 is 0. The van der Waals surface area contributed by atoms with Crippen molar-refractivity contribution in [2.24, 2.45) is 35.5 Å². The van der Waals surface area contributed by atoms with Crippen LogP contribution >= 0.6 is 0 Å². The Bertz CT molecular complexity index is 1180.